The topological polar surface area (TPSA) is 64.9 Å². The number of aromatic nitrogens is 2. The van der Waals surface area contributed by atoms with Gasteiger partial charge in [0.15, 0.2) is 5.82 Å². The number of rotatable bonds is 4. The van der Waals surface area contributed by atoms with Crippen molar-refractivity contribution in [1.29, 1.82) is 0 Å². The molecule has 1 aromatic heterocycles. The van der Waals surface area contributed by atoms with E-state index in [0.717, 1.165) is 30.7 Å². The molecule has 90 valence electrons. The molecule has 5 heteroatoms. The summed E-state index contributed by atoms with van der Waals surface area (Å²) in [5.74, 6) is 1.16. The predicted octanol–water partition coefficient (Wildman–Crippen LogP) is 3.31. The Hall–Kier alpha value is -1.55. The minimum atomic E-state index is 0.445. The van der Waals surface area contributed by atoms with E-state index in [4.69, 9.17) is 21.9 Å². The van der Waals surface area contributed by atoms with E-state index in [1.54, 1.807) is 18.2 Å². The Labute approximate surface area is 105 Å². The number of nitrogens with zero attached hydrogens (tertiary/aromatic N) is 2. The average molecular weight is 252 g/mol. The number of nitrogens with two attached hydrogens (primary N) is 1. The lowest BCUT2D eigenvalue weighted by atomic mass is 10.2. The smallest absolute Gasteiger partial charge is 0.259 e. The standard InChI is InChI=1S/C12H14ClN3O/c1-2-3-4-11-15-12(17-16-11)9-6-5-8(14)7-10(9)13/h5-7H,2-4,14H2,1H3. The maximum absolute atomic E-state index is 6.07. The van der Waals surface area contributed by atoms with Crippen molar-refractivity contribution in [3.05, 3.63) is 29.0 Å². The van der Waals surface area contributed by atoms with E-state index in [1.807, 2.05) is 0 Å². The van der Waals surface area contributed by atoms with Crippen LogP contribution in [0.3, 0.4) is 0 Å². The number of hydrogen-bond donors (Lipinski definition) is 1. The minimum Gasteiger partial charge on any atom is -0.399 e. The molecule has 0 spiro atoms. The van der Waals surface area contributed by atoms with Gasteiger partial charge in [-0.1, -0.05) is 30.1 Å². The van der Waals surface area contributed by atoms with Crippen molar-refractivity contribution in [3.8, 4) is 11.5 Å². The zero-order valence-corrected chi connectivity index (χ0v) is 10.4. The summed E-state index contributed by atoms with van der Waals surface area (Å²) < 4.78 is 5.18. The fourth-order valence-electron chi connectivity index (χ4n) is 1.50. The first kappa shape index (κ1) is 11.9. The second-order valence-corrected chi connectivity index (χ2v) is 4.27. The Morgan fingerprint density at radius 2 is 2.24 bits per heavy atom. The Morgan fingerprint density at radius 3 is 2.94 bits per heavy atom. The second kappa shape index (κ2) is 5.19. The second-order valence-electron chi connectivity index (χ2n) is 3.86. The van der Waals surface area contributed by atoms with Crippen LogP contribution in [0.15, 0.2) is 22.7 Å². The summed E-state index contributed by atoms with van der Waals surface area (Å²) in [6, 6.07) is 5.22. The highest BCUT2D eigenvalue weighted by Crippen LogP contribution is 2.28. The monoisotopic (exact) mass is 251 g/mol. The number of halogens is 1. The highest BCUT2D eigenvalue weighted by atomic mass is 35.5. The molecule has 0 unspecified atom stereocenters. The van der Waals surface area contributed by atoms with Gasteiger partial charge in [0.25, 0.3) is 5.89 Å². The Balaban J connectivity index is 2.24. The quantitative estimate of drug-likeness (QED) is 0.847. The largest absolute Gasteiger partial charge is 0.399 e. The van der Waals surface area contributed by atoms with Crippen molar-refractivity contribution in [2.45, 2.75) is 26.2 Å². The van der Waals surface area contributed by atoms with Crippen LogP contribution in [0.4, 0.5) is 5.69 Å². The molecule has 0 aliphatic carbocycles. The third-order valence-electron chi connectivity index (χ3n) is 2.45. The van der Waals surface area contributed by atoms with Crippen molar-refractivity contribution in [1.82, 2.24) is 10.1 Å². The van der Waals surface area contributed by atoms with Crippen LogP contribution >= 0.6 is 11.6 Å². The highest BCUT2D eigenvalue weighted by molar-refractivity contribution is 6.33. The minimum absolute atomic E-state index is 0.445. The lowest BCUT2D eigenvalue weighted by Crippen LogP contribution is -1.88. The van der Waals surface area contributed by atoms with E-state index >= 15 is 0 Å². The van der Waals surface area contributed by atoms with Crippen molar-refractivity contribution in [2.24, 2.45) is 0 Å². The van der Waals surface area contributed by atoms with Crippen LogP contribution in [0.1, 0.15) is 25.6 Å². The Kier molecular flexibility index (Phi) is 3.64. The molecule has 0 amide bonds. The van der Waals surface area contributed by atoms with Crippen LogP contribution in [0.5, 0.6) is 0 Å². The molecule has 0 aliphatic rings. The van der Waals surface area contributed by atoms with Gasteiger partial charge in [-0.15, -0.1) is 0 Å². The molecule has 17 heavy (non-hydrogen) atoms. The number of anilines is 1. The molecule has 4 nitrogen and oxygen atoms in total. The molecule has 2 rings (SSSR count). The third-order valence-corrected chi connectivity index (χ3v) is 2.76. The molecule has 0 radical (unpaired) electrons. The van der Waals surface area contributed by atoms with Crippen LogP contribution < -0.4 is 5.73 Å². The fourth-order valence-corrected chi connectivity index (χ4v) is 1.77. The molecule has 0 atom stereocenters. The normalized spacial score (nSPS) is 10.7. The summed E-state index contributed by atoms with van der Waals surface area (Å²) in [4.78, 5) is 4.31. The molecule has 0 saturated heterocycles. The maximum Gasteiger partial charge on any atom is 0.259 e. The predicted molar refractivity (Wildman–Crippen MR) is 67.8 cm³/mol. The van der Waals surface area contributed by atoms with Gasteiger partial charge in [-0.2, -0.15) is 4.98 Å². The van der Waals surface area contributed by atoms with E-state index < -0.39 is 0 Å². The van der Waals surface area contributed by atoms with Gasteiger partial charge in [-0.3, -0.25) is 0 Å². The number of unbranched alkanes of at least 4 members (excludes halogenated alkanes) is 1. The van der Waals surface area contributed by atoms with E-state index in [9.17, 15) is 0 Å². The zero-order chi connectivity index (χ0) is 12.3. The van der Waals surface area contributed by atoms with Crippen LogP contribution in [-0.4, -0.2) is 10.1 Å². The summed E-state index contributed by atoms with van der Waals surface area (Å²) in [5, 5.41) is 4.44. The van der Waals surface area contributed by atoms with Crippen molar-refractivity contribution >= 4 is 17.3 Å². The van der Waals surface area contributed by atoms with Gasteiger partial charge in [-0.25, -0.2) is 0 Å². The molecular formula is C12H14ClN3O. The van der Waals surface area contributed by atoms with Gasteiger partial charge < -0.3 is 10.3 Å². The molecule has 0 bridgehead atoms. The van der Waals surface area contributed by atoms with E-state index in [0.29, 0.717) is 16.6 Å². The Bertz CT molecular complexity index is 510. The summed E-state index contributed by atoms with van der Waals surface area (Å²) in [7, 11) is 0. The first-order chi connectivity index (χ1) is 8.20. The van der Waals surface area contributed by atoms with E-state index in [-0.39, 0.29) is 0 Å². The highest BCUT2D eigenvalue weighted by Gasteiger charge is 2.11. The van der Waals surface area contributed by atoms with E-state index in [2.05, 4.69) is 17.1 Å². The van der Waals surface area contributed by atoms with Gasteiger partial charge in [0.1, 0.15) is 0 Å². The third kappa shape index (κ3) is 2.77. The molecule has 1 aromatic carbocycles. The van der Waals surface area contributed by atoms with Crippen molar-refractivity contribution in [3.63, 3.8) is 0 Å². The molecule has 1 heterocycles. The summed E-state index contributed by atoms with van der Waals surface area (Å²) in [5.41, 5.74) is 6.96. The summed E-state index contributed by atoms with van der Waals surface area (Å²) in [6.45, 7) is 2.12. The molecule has 2 N–H and O–H groups in total. The van der Waals surface area contributed by atoms with Crippen LogP contribution in [0.25, 0.3) is 11.5 Å². The lowest BCUT2D eigenvalue weighted by molar-refractivity contribution is 0.421. The zero-order valence-electron chi connectivity index (χ0n) is 9.61. The van der Waals surface area contributed by atoms with Gasteiger partial charge in [-0.05, 0) is 24.6 Å². The van der Waals surface area contributed by atoms with Crippen LogP contribution in [0, 0.1) is 0 Å². The maximum atomic E-state index is 6.07. The van der Waals surface area contributed by atoms with Crippen molar-refractivity contribution in [2.75, 3.05) is 5.73 Å². The van der Waals surface area contributed by atoms with Gasteiger partial charge in [0.05, 0.1) is 10.6 Å². The molecular weight excluding hydrogens is 238 g/mol. The number of nitrogen functional groups attached to an aromatic ring is 1. The van der Waals surface area contributed by atoms with Gasteiger partial charge >= 0.3 is 0 Å². The molecule has 2 aromatic rings. The number of hydrogen-bond acceptors (Lipinski definition) is 4. The first-order valence-electron chi connectivity index (χ1n) is 5.58. The van der Waals surface area contributed by atoms with Crippen LogP contribution in [-0.2, 0) is 6.42 Å². The first-order valence-corrected chi connectivity index (χ1v) is 5.96. The lowest BCUT2D eigenvalue weighted by Gasteiger charge is -1.99. The van der Waals surface area contributed by atoms with Gasteiger partial charge in [0.2, 0.25) is 0 Å². The molecule has 0 fully saturated rings. The average Bonchev–Trinajstić information content (AvgIpc) is 2.75. The van der Waals surface area contributed by atoms with E-state index in [1.165, 1.54) is 0 Å². The number of benzene rings is 1. The van der Waals surface area contributed by atoms with Crippen LogP contribution in [0.2, 0.25) is 5.02 Å². The number of aryl methyl sites for hydroxylation is 1. The molecule has 0 saturated carbocycles. The summed E-state index contributed by atoms with van der Waals surface area (Å²) >= 11 is 6.07. The summed E-state index contributed by atoms with van der Waals surface area (Å²) in [6.07, 6.45) is 2.98. The van der Waals surface area contributed by atoms with Gasteiger partial charge in [0, 0.05) is 12.1 Å². The van der Waals surface area contributed by atoms with Crippen molar-refractivity contribution < 1.29 is 4.52 Å². The SMILES string of the molecule is CCCCc1noc(-c2ccc(N)cc2Cl)n1. The fraction of sp³-hybridized carbons (Fsp3) is 0.333. The Morgan fingerprint density at radius 1 is 1.41 bits per heavy atom. The molecule has 0 aliphatic heterocycles.